The van der Waals surface area contributed by atoms with E-state index in [1.165, 1.54) is 82.3 Å². The molecular weight excluding hydrogens is 797 g/mol. The third-order valence-electron chi connectivity index (χ3n) is 12.3. The fourth-order valence-corrected chi connectivity index (χ4v) is 9.09. The highest BCUT2D eigenvalue weighted by Gasteiger charge is 2.17. The molecule has 0 radical (unpaired) electrons. The minimum Gasteiger partial charge on any atom is -0.337 e. The number of aryl methyl sites for hydroxylation is 1. The van der Waals surface area contributed by atoms with Crippen molar-refractivity contribution in [2.24, 2.45) is 0 Å². The van der Waals surface area contributed by atoms with Crippen LogP contribution in [0.3, 0.4) is 0 Å². The van der Waals surface area contributed by atoms with Gasteiger partial charge in [-0.1, -0.05) is 201 Å². The van der Waals surface area contributed by atoms with E-state index in [9.17, 15) is 0 Å². The second-order valence-corrected chi connectivity index (χ2v) is 16.5. The number of allylic oxidation sites excluding steroid dienone is 9. The van der Waals surface area contributed by atoms with Gasteiger partial charge in [0.1, 0.15) is 0 Å². The summed E-state index contributed by atoms with van der Waals surface area (Å²) in [5, 5.41) is 4.93. The zero-order chi connectivity index (χ0) is 45.8. The molecule has 0 aliphatic heterocycles. The molecule has 0 aliphatic rings. The Bertz CT molecular complexity index is 3310. The monoisotopic (exact) mass is 854 g/mol. The Kier molecular flexibility index (Phi) is 14.3. The lowest BCUT2D eigenvalue weighted by molar-refractivity contribution is 0.931. The fourth-order valence-electron chi connectivity index (χ4n) is 9.09. The van der Waals surface area contributed by atoms with Gasteiger partial charge < -0.3 is 9.47 Å². The van der Waals surface area contributed by atoms with Crippen molar-refractivity contribution in [3.8, 4) is 22.3 Å². The van der Waals surface area contributed by atoms with Gasteiger partial charge in [0.25, 0.3) is 0 Å². The minimum absolute atomic E-state index is 0.744. The molecule has 0 atom stereocenters. The molecular formula is C64H58N2. The van der Waals surface area contributed by atoms with Crippen LogP contribution in [0.5, 0.6) is 0 Å². The molecule has 0 saturated carbocycles. The summed E-state index contributed by atoms with van der Waals surface area (Å²) in [6.07, 6.45) is 28.2. The Hall–Kier alpha value is -7.94. The maximum atomic E-state index is 3.95. The standard InChI is InChI=1S/C64H58N2/c1-7-11-13-29-58-47(5)23-18-32-60(58)53-37-42-57(43-38-53)66(56-40-35-52(36-41-56)59-31-19-27-49(48(59)6)24-12-8-2)55(22-10-4)44-39-54-28-20-34-63-64(54)61-30-16-17-33-62(61)65(63)46-45-51-26-15-14-25-50(51)21-9-3/h7-38,40-45H,2-3,39,46H2,1,4-6H3/b11-7-,22-10-,24-12-,29-13-,50-21-,51-45-,55-44+. The van der Waals surface area contributed by atoms with E-state index >= 15 is 0 Å². The summed E-state index contributed by atoms with van der Waals surface area (Å²) < 4.78 is 2.45. The van der Waals surface area contributed by atoms with Crippen LogP contribution in [0.15, 0.2) is 225 Å². The Morgan fingerprint density at radius 1 is 0.591 bits per heavy atom. The summed E-state index contributed by atoms with van der Waals surface area (Å²) >= 11 is 0. The second-order valence-electron chi connectivity index (χ2n) is 16.5. The third-order valence-corrected chi connectivity index (χ3v) is 12.3. The van der Waals surface area contributed by atoms with Crippen LogP contribution in [0.2, 0.25) is 0 Å². The van der Waals surface area contributed by atoms with E-state index in [0.29, 0.717) is 0 Å². The first-order chi connectivity index (χ1) is 32.4. The lowest BCUT2D eigenvalue weighted by Crippen LogP contribution is -2.24. The highest BCUT2D eigenvalue weighted by Crippen LogP contribution is 2.37. The van der Waals surface area contributed by atoms with Gasteiger partial charge in [-0.25, -0.2) is 0 Å². The largest absolute Gasteiger partial charge is 0.337 e. The van der Waals surface area contributed by atoms with Crippen molar-refractivity contribution in [1.29, 1.82) is 0 Å². The number of rotatable bonds is 15. The number of aromatic nitrogens is 1. The fraction of sp³-hybridized carbons (Fsp3) is 0.0938. The van der Waals surface area contributed by atoms with E-state index in [-0.39, 0.29) is 0 Å². The highest BCUT2D eigenvalue weighted by atomic mass is 15.1. The average Bonchev–Trinajstić information content (AvgIpc) is 3.67. The second kappa shape index (κ2) is 21.2. The van der Waals surface area contributed by atoms with Crippen molar-refractivity contribution in [1.82, 2.24) is 4.57 Å². The molecule has 7 aromatic carbocycles. The van der Waals surface area contributed by atoms with Crippen LogP contribution in [-0.2, 0) is 13.0 Å². The molecule has 2 heteroatoms. The van der Waals surface area contributed by atoms with Gasteiger partial charge in [-0.3, -0.25) is 0 Å². The quantitative estimate of drug-likeness (QED) is 0.0933. The van der Waals surface area contributed by atoms with Crippen molar-refractivity contribution >= 4 is 57.5 Å². The Balaban J connectivity index is 1.23. The number of hydrogen-bond donors (Lipinski definition) is 0. The topological polar surface area (TPSA) is 8.17 Å². The molecule has 0 saturated heterocycles. The van der Waals surface area contributed by atoms with Gasteiger partial charge in [0.2, 0.25) is 0 Å². The van der Waals surface area contributed by atoms with Gasteiger partial charge in [-0.05, 0) is 137 Å². The zero-order valence-electron chi connectivity index (χ0n) is 38.7. The number of anilines is 2. The smallest absolute Gasteiger partial charge is 0.0497 e. The molecule has 0 aliphatic carbocycles. The van der Waals surface area contributed by atoms with E-state index in [1.807, 2.05) is 25.2 Å². The molecule has 0 N–H and O–H groups in total. The van der Waals surface area contributed by atoms with E-state index in [2.05, 4.69) is 256 Å². The first-order valence-corrected chi connectivity index (χ1v) is 22.9. The van der Waals surface area contributed by atoms with Crippen molar-refractivity contribution in [3.63, 3.8) is 0 Å². The van der Waals surface area contributed by atoms with E-state index < -0.39 is 0 Å². The first-order valence-electron chi connectivity index (χ1n) is 22.9. The SMILES string of the molecule is C=C/C=C\c1cccc(-c2ccc(N(C(/C=C\C)=C/Cc3cccc4c3c3ccccc3n4C/C=c3/cccc/c3=C/C=C)c3ccc(-c4cccc(C)c4/C=C\C=C/C)cc3)cc2)c1C. The zero-order valence-corrected chi connectivity index (χ0v) is 38.7. The summed E-state index contributed by atoms with van der Waals surface area (Å²) in [5.74, 6) is 0. The highest BCUT2D eigenvalue weighted by molar-refractivity contribution is 6.10. The Labute approximate surface area is 391 Å². The molecule has 0 unspecified atom stereocenters. The van der Waals surface area contributed by atoms with E-state index in [1.54, 1.807) is 0 Å². The molecule has 1 heterocycles. The van der Waals surface area contributed by atoms with Crippen molar-refractivity contribution in [2.75, 3.05) is 4.90 Å². The van der Waals surface area contributed by atoms with Crippen LogP contribution in [0.1, 0.15) is 41.7 Å². The molecule has 0 amide bonds. The van der Waals surface area contributed by atoms with Gasteiger partial charge in [0.15, 0.2) is 0 Å². The number of benzene rings is 7. The first kappa shape index (κ1) is 44.7. The number of hydrogen-bond acceptors (Lipinski definition) is 1. The van der Waals surface area contributed by atoms with E-state index in [4.69, 9.17) is 0 Å². The summed E-state index contributed by atoms with van der Waals surface area (Å²) in [6.45, 7) is 17.1. The van der Waals surface area contributed by atoms with Gasteiger partial charge in [-0.2, -0.15) is 0 Å². The predicted octanol–water partition coefficient (Wildman–Crippen LogP) is 15.8. The summed E-state index contributed by atoms with van der Waals surface area (Å²) in [4.78, 5) is 2.39. The molecule has 2 nitrogen and oxygen atoms in total. The summed E-state index contributed by atoms with van der Waals surface area (Å²) in [6, 6.07) is 55.2. The minimum atomic E-state index is 0.744. The van der Waals surface area contributed by atoms with E-state index in [0.717, 1.165) is 30.0 Å². The van der Waals surface area contributed by atoms with Crippen molar-refractivity contribution in [2.45, 2.75) is 40.7 Å². The Morgan fingerprint density at radius 3 is 1.98 bits per heavy atom. The maximum absolute atomic E-state index is 3.95. The lowest BCUT2D eigenvalue weighted by Gasteiger charge is -2.27. The lowest BCUT2D eigenvalue weighted by atomic mass is 9.95. The molecule has 0 bridgehead atoms. The molecule has 8 rings (SSSR count). The normalized spacial score (nSPS) is 12.8. The van der Waals surface area contributed by atoms with Gasteiger partial charge in [0.05, 0.1) is 0 Å². The maximum Gasteiger partial charge on any atom is 0.0497 e. The number of nitrogens with zero attached hydrogens (tertiary/aromatic N) is 2. The van der Waals surface area contributed by atoms with Crippen LogP contribution in [0.25, 0.3) is 68.4 Å². The number of fused-ring (bicyclic) bond motifs is 3. The van der Waals surface area contributed by atoms with Crippen LogP contribution < -0.4 is 15.3 Å². The summed E-state index contributed by atoms with van der Waals surface area (Å²) in [5.41, 5.74) is 16.7. The van der Waals surface area contributed by atoms with Crippen LogP contribution >= 0.6 is 0 Å². The summed E-state index contributed by atoms with van der Waals surface area (Å²) in [7, 11) is 0. The molecule has 8 aromatic rings. The average molecular weight is 855 g/mol. The molecule has 66 heavy (non-hydrogen) atoms. The van der Waals surface area contributed by atoms with Crippen LogP contribution in [-0.4, -0.2) is 4.57 Å². The molecule has 1 aromatic heterocycles. The van der Waals surface area contributed by atoms with Crippen LogP contribution in [0.4, 0.5) is 11.4 Å². The number of para-hydroxylation sites is 1. The van der Waals surface area contributed by atoms with Gasteiger partial charge >= 0.3 is 0 Å². The van der Waals surface area contributed by atoms with Gasteiger partial charge in [-0.15, -0.1) is 0 Å². The molecule has 0 fully saturated rings. The molecule has 0 spiro atoms. The van der Waals surface area contributed by atoms with Gasteiger partial charge in [0, 0.05) is 45.4 Å². The Morgan fingerprint density at radius 2 is 1.26 bits per heavy atom. The predicted molar refractivity (Wildman–Crippen MR) is 289 cm³/mol. The van der Waals surface area contributed by atoms with Crippen molar-refractivity contribution in [3.05, 3.63) is 263 Å². The third kappa shape index (κ3) is 9.60. The van der Waals surface area contributed by atoms with Crippen molar-refractivity contribution < 1.29 is 0 Å². The molecule has 324 valence electrons. The van der Waals surface area contributed by atoms with Crippen LogP contribution in [0, 0.1) is 13.8 Å².